The van der Waals surface area contributed by atoms with Crippen molar-refractivity contribution in [1.29, 1.82) is 0 Å². The number of ether oxygens (including phenoxy) is 1. The van der Waals surface area contributed by atoms with Gasteiger partial charge in [0.15, 0.2) is 0 Å². The summed E-state index contributed by atoms with van der Waals surface area (Å²) in [5.74, 6) is 0. The Kier molecular flexibility index (Phi) is 3.42. The Bertz CT molecular complexity index is 180. The molecule has 1 aliphatic carbocycles. The Hall–Kier alpha value is -0.120. The van der Waals surface area contributed by atoms with Gasteiger partial charge in [-0.15, -0.1) is 0 Å². The Morgan fingerprint density at radius 1 is 1.43 bits per heavy atom. The summed E-state index contributed by atoms with van der Waals surface area (Å²) in [5.41, 5.74) is 0. The van der Waals surface area contributed by atoms with E-state index in [2.05, 4.69) is 24.1 Å². The number of nitrogens with zero attached hydrogens (tertiary/aromatic N) is 1. The largest absolute Gasteiger partial charge is 0.374 e. The standard InChI is InChI=1S/C11H22N2O/c1-9(2)13-5-6-14-11(8-13)7-12-10-3-4-10/h9-12H,3-8H2,1-2H3. The third-order valence-corrected chi connectivity index (χ3v) is 3.11. The monoisotopic (exact) mass is 198 g/mol. The molecule has 0 radical (unpaired) electrons. The number of hydrogen-bond donors (Lipinski definition) is 1. The second kappa shape index (κ2) is 4.60. The van der Waals surface area contributed by atoms with Gasteiger partial charge in [0.1, 0.15) is 0 Å². The molecule has 2 aliphatic rings. The van der Waals surface area contributed by atoms with Crippen molar-refractivity contribution in [2.24, 2.45) is 0 Å². The van der Waals surface area contributed by atoms with E-state index in [0.29, 0.717) is 12.1 Å². The fraction of sp³-hybridized carbons (Fsp3) is 1.00. The molecule has 1 aliphatic heterocycles. The van der Waals surface area contributed by atoms with Gasteiger partial charge in [-0.2, -0.15) is 0 Å². The van der Waals surface area contributed by atoms with Gasteiger partial charge >= 0.3 is 0 Å². The van der Waals surface area contributed by atoms with Crippen molar-refractivity contribution in [2.75, 3.05) is 26.2 Å². The van der Waals surface area contributed by atoms with E-state index >= 15 is 0 Å². The van der Waals surface area contributed by atoms with Gasteiger partial charge in [0.25, 0.3) is 0 Å². The van der Waals surface area contributed by atoms with Gasteiger partial charge in [-0.25, -0.2) is 0 Å². The predicted molar refractivity (Wildman–Crippen MR) is 57.5 cm³/mol. The predicted octanol–water partition coefficient (Wildman–Crippen LogP) is 0.848. The molecule has 1 heterocycles. The number of rotatable bonds is 4. The topological polar surface area (TPSA) is 24.5 Å². The van der Waals surface area contributed by atoms with Crippen molar-refractivity contribution in [3.63, 3.8) is 0 Å². The molecule has 3 nitrogen and oxygen atoms in total. The lowest BCUT2D eigenvalue weighted by atomic mass is 10.2. The maximum absolute atomic E-state index is 5.73. The molecule has 2 rings (SSSR count). The highest BCUT2D eigenvalue weighted by molar-refractivity contribution is 4.84. The van der Waals surface area contributed by atoms with Crippen LogP contribution >= 0.6 is 0 Å². The summed E-state index contributed by atoms with van der Waals surface area (Å²) in [6.07, 6.45) is 3.13. The van der Waals surface area contributed by atoms with Gasteiger partial charge < -0.3 is 10.1 Å². The van der Waals surface area contributed by atoms with E-state index in [9.17, 15) is 0 Å². The Balaban J connectivity index is 1.69. The molecule has 0 aromatic carbocycles. The molecule has 1 saturated heterocycles. The summed E-state index contributed by atoms with van der Waals surface area (Å²) >= 11 is 0. The lowest BCUT2D eigenvalue weighted by Gasteiger charge is -2.35. The van der Waals surface area contributed by atoms with Crippen molar-refractivity contribution < 1.29 is 4.74 Å². The number of morpholine rings is 1. The smallest absolute Gasteiger partial charge is 0.0826 e. The Labute approximate surface area is 86.8 Å². The second-order valence-corrected chi connectivity index (χ2v) is 4.76. The summed E-state index contributed by atoms with van der Waals surface area (Å²) < 4.78 is 5.73. The lowest BCUT2D eigenvalue weighted by molar-refractivity contribution is -0.0372. The SMILES string of the molecule is CC(C)N1CCOC(CNC2CC2)C1. The van der Waals surface area contributed by atoms with Crippen LogP contribution in [0.3, 0.4) is 0 Å². The first-order valence-corrected chi connectivity index (χ1v) is 5.84. The van der Waals surface area contributed by atoms with Crippen molar-refractivity contribution in [1.82, 2.24) is 10.2 Å². The van der Waals surface area contributed by atoms with Crippen molar-refractivity contribution in [3.05, 3.63) is 0 Å². The quantitative estimate of drug-likeness (QED) is 0.725. The minimum absolute atomic E-state index is 0.409. The van der Waals surface area contributed by atoms with E-state index in [1.165, 1.54) is 12.8 Å². The molecule has 1 atom stereocenters. The Morgan fingerprint density at radius 2 is 2.21 bits per heavy atom. The molecule has 1 unspecified atom stereocenters. The van der Waals surface area contributed by atoms with Gasteiger partial charge in [-0.1, -0.05) is 0 Å². The zero-order chi connectivity index (χ0) is 9.97. The van der Waals surface area contributed by atoms with Crippen molar-refractivity contribution in [2.45, 2.75) is 44.9 Å². The summed E-state index contributed by atoms with van der Waals surface area (Å²) in [5, 5.41) is 3.53. The first kappa shape index (κ1) is 10.4. The first-order valence-electron chi connectivity index (χ1n) is 5.84. The highest BCUT2D eigenvalue weighted by Crippen LogP contribution is 2.19. The minimum atomic E-state index is 0.409. The van der Waals surface area contributed by atoms with Crippen LogP contribution in [0.25, 0.3) is 0 Å². The molecule has 2 fully saturated rings. The van der Waals surface area contributed by atoms with Gasteiger partial charge in [-0.05, 0) is 26.7 Å². The van der Waals surface area contributed by atoms with E-state index in [1.54, 1.807) is 0 Å². The normalized spacial score (nSPS) is 29.8. The molecule has 3 heteroatoms. The molecule has 0 aromatic heterocycles. The molecule has 0 bridgehead atoms. The van der Waals surface area contributed by atoms with Gasteiger partial charge in [0.2, 0.25) is 0 Å². The first-order chi connectivity index (χ1) is 6.75. The van der Waals surface area contributed by atoms with Gasteiger partial charge in [0.05, 0.1) is 12.7 Å². The molecule has 82 valence electrons. The highest BCUT2D eigenvalue weighted by atomic mass is 16.5. The molecule has 14 heavy (non-hydrogen) atoms. The van der Waals surface area contributed by atoms with E-state index in [4.69, 9.17) is 4.74 Å². The molecular formula is C11H22N2O. The van der Waals surface area contributed by atoms with Gasteiger partial charge in [-0.3, -0.25) is 4.90 Å². The second-order valence-electron chi connectivity index (χ2n) is 4.76. The van der Waals surface area contributed by atoms with Crippen LogP contribution in [0.5, 0.6) is 0 Å². The van der Waals surface area contributed by atoms with Crippen LogP contribution in [0.4, 0.5) is 0 Å². The van der Waals surface area contributed by atoms with Crippen LogP contribution in [0.1, 0.15) is 26.7 Å². The van der Waals surface area contributed by atoms with Crippen LogP contribution < -0.4 is 5.32 Å². The summed E-state index contributed by atoms with van der Waals surface area (Å²) in [4.78, 5) is 2.50. The average molecular weight is 198 g/mol. The van der Waals surface area contributed by atoms with Crippen LogP contribution in [0, 0.1) is 0 Å². The number of hydrogen-bond acceptors (Lipinski definition) is 3. The molecule has 0 amide bonds. The summed E-state index contributed by atoms with van der Waals surface area (Å²) in [7, 11) is 0. The van der Waals surface area contributed by atoms with E-state index in [1.807, 2.05) is 0 Å². The maximum atomic E-state index is 5.73. The fourth-order valence-corrected chi connectivity index (χ4v) is 1.92. The van der Waals surface area contributed by atoms with Gasteiger partial charge in [0, 0.05) is 31.7 Å². The van der Waals surface area contributed by atoms with Crippen molar-refractivity contribution in [3.8, 4) is 0 Å². The van der Waals surface area contributed by atoms with Crippen LogP contribution in [-0.2, 0) is 4.74 Å². The van der Waals surface area contributed by atoms with Crippen LogP contribution in [-0.4, -0.2) is 49.3 Å². The van der Waals surface area contributed by atoms with E-state index < -0.39 is 0 Å². The third kappa shape index (κ3) is 2.94. The zero-order valence-corrected chi connectivity index (χ0v) is 9.33. The minimum Gasteiger partial charge on any atom is -0.374 e. The zero-order valence-electron chi connectivity index (χ0n) is 9.33. The summed E-state index contributed by atoms with van der Waals surface area (Å²) in [6, 6.07) is 1.45. The Morgan fingerprint density at radius 3 is 2.86 bits per heavy atom. The molecule has 0 spiro atoms. The molecule has 1 saturated carbocycles. The van der Waals surface area contributed by atoms with E-state index in [0.717, 1.165) is 32.3 Å². The maximum Gasteiger partial charge on any atom is 0.0826 e. The third-order valence-electron chi connectivity index (χ3n) is 3.11. The van der Waals surface area contributed by atoms with E-state index in [-0.39, 0.29) is 0 Å². The lowest BCUT2D eigenvalue weighted by Crippen LogP contribution is -2.49. The summed E-state index contributed by atoms with van der Waals surface area (Å²) in [6.45, 7) is 8.64. The molecule has 1 N–H and O–H groups in total. The van der Waals surface area contributed by atoms with Crippen molar-refractivity contribution >= 4 is 0 Å². The van der Waals surface area contributed by atoms with Crippen LogP contribution in [0.2, 0.25) is 0 Å². The average Bonchev–Trinajstić information content (AvgIpc) is 2.99. The fourth-order valence-electron chi connectivity index (χ4n) is 1.92. The molecule has 0 aromatic rings. The molecular weight excluding hydrogens is 176 g/mol. The van der Waals surface area contributed by atoms with Crippen LogP contribution in [0.15, 0.2) is 0 Å². The highest BCUT2D eigenvalue weighted by Gasteiger charge is 2.25. The number of nitrogens with one attached hydrogen (secondary N) is 1.